The minimum Gasteiger partial charge on any atom is -0.301 e. The van der Waals surface area contributed by atoms with Gasteiger partial charge in [-0.2, -0.15) is 0 Å². The van der Waals surface area contributed by atoms with Crippen LogP contribution in [0.25, 0.3) is 0 Å². The Labute approximate surface area is 168 Å². The molecule has 8 heteroatoms. The highest BCUT2D eigenvalue weighted by Crippen LogP contribution is 2.28. The molecule has 0 amide bonds. The zero-order valence-electron chi connectivity index (χ0n) is 16.4. The van der Waals surface area contributed by atoms with Gasteiger partial charge in [0.1, 0.15) is 11.6 Å². The van der Waals surface area contributed by atoms with E-state index in [1.807, 2.05) is 0 Å². The van der Waals surface area contributed by atoms with E-state index in [1.165, 1.54) is 24.3 Å². The van der Waals surface area contributed by atoms with Crippen molar-refractivity contribution in [3.63, 3.8) is 0 Å². The van der Waals surface area contributed by atoms with Crippen molar-refractivity contribution in [3.8, 4) is 0 Å². The quantitative estimate of drug-likeness (QED) is 0.639. The molecule has 6 nitrogen and oxygen atoms in total. The van der Waals surface area contributed by atoms with Crippen LogP contribution in [0.5, 0.6) is 0 Å². The lowest BCUT2D eigenvalue weighted by atomic mass is 10.0. The molecule has 1 fully saturated rings. The van der Waals surface area contributed by atoms with Crippen LogP contribution in [0, 0.1) is 11.6 Å². The Morgan fingerprint density at radius 2 is 1.52 bits per heavy atom. The first-order valence-electron chi connectivity index (χ1n) is 9.86. The topological polar surface area (TPSA) is 50.1 Å². The predicted octanol–water partition coefficient (Wildman–Crippen LogP) is 2.73. The summed E-state index contributed by atoms with van der Waals surface area (Å²) in [5, 5.41) is 12.4. The summed E-state index contributed by atoms with van der Waals surface area (Å²) in [5.41, 5.74) is 1.86. The number of piperazine rings is 1. The summed E-state index contributed by atoms with van der Waals surface area (Å²) in [6.45, 7) is 7.31. The fraction of sp³-hybridized carbons (Fsp3) is 0.381. The average Bonchev–Trinajstić information content (AvgIpc) is 3.19. The molecule has 0 bridgehead atoms. The van der Waals surface area contributed by atoms with Gasteiger partial charge in [-0.05, 0) is 52.4 Å². The first kappa shape index (κ1) is 19.6. The zero-order chi connectivity index (χ0) is 20.2. The Balaban J connectivity index is 1.65. The third-order valence-corrected chi connectivity index (χ3v) is 5.45. The molecule has 0 N–H and O–H groups in total. The summed E-state index contributed by atoms with van der Waals surface area (Å²) in [5.74, 6) is 0.156. The second-order valence-corrected chi connectivity index (χ2v) is 7.25. The molecule has 1 atom stereocenters. The number of nitrogens with zero attached hydrogens (tertiary/aromatic N) is 6. The highest BCUT2D eigenvalue weighted by molar-refractivity contribution is 5.26. The van der Waals surface area contributed by atoms with E-state index in [9.17, 15) is 8.78 Å². The number of benzene rings is 2. The van der Waals surface area contributed by atoms with Gasteiger partial charge in [0, 0.05) is 26.2 Å². The van der Waals surface area contributed by atoms with Crippen molar-refractivity contribution < 1.29 is 8.78 Å². The number of rotatable bonds is 6. The third-order valence-electron chi connectivity index (χ3n) is 5.45. The Morgan fingerprint density at radius 3 is 2.14 bits per heavy atom. The van der Waals surface area contributed by atoms with Crippen molar-refractivity contribution in [1.29, 1.82) is 0 Å². The highest BCUT2D eigenvalue weighted by atomic mass is 19.1. The molecule has 0 unspecified atom stereocenters. The van der Waals surface area contributed by atoms with Crippen molar-refractivity contribution in [1.82, 2.24) is 30.0 Å². The lowest BCUT2D eigenvalue weighted by Crippen LogP contribution is -2.48. The molecule has 1 saturated heterocycles. The van der Waals surface area contributed by atoms with Gasteiger partial charge < -0.3 is 4.90 Å². The summed E-state index contributed by atoms with van der Waals surface area (Å²) in [6, 6.07) is 12.7. The Morgan fingerprint density at radius 1 is 0.897 bits per heavy atom. The average molecular weight is 398 g/mol. The van der Waals surface area contributed by atoms with E-state index in [4.69, 9.17) is 0 Å². The fourth-order valence-corrected chi connectivity index (χ4v) is 3.79. The number of aromatic nitrogens is 4. The summed E-state index contributed by atoms with van der Waals surface area (Å²) < 4.78 is 28.5. The summed E-state index contributed by atoms with van der Waals surface area (Å²) in [6.07, 6.45) is 0. The molecule has 1 aliphatic rings. The van der Waals surface area contributed by atoms with E-state index < -0.39 is 0 Å². The van der Waals surface area contributed by atoms with Crippen LogP contribution in [0.2, 0.25) is 0 Å². The maximum absolute atomic E-state index is 13.5. The zero-order valence-corrected chi connectivity index (χ0v) is 16.4. The highest BCUT2D eigenvalue weighted by Gasteiger charge is 2.30. The number of hydrogen-bond acceptors (Lipinski definition) is 5. The first-order valence-corrected chi connectivity index (χ1v) is 9.86. The SMILES string of the molecule is CCN1CCN([C@H](c2ccc(F)cc2)c2nnnn2Cc2ccc(F)cc2)CC1. The van der Waals surface area contributed by atoms with E-state index in [2.05, 4.69) is 32.2 Å². The number of hydrogen-bond donors (Lipinski definition) is 0. The maximum atomic E-state index is 13.5. The molecular formula is C21H24F2N6. The van der Waals surface area contributed by atoms with Gasteiger partial charge in [-0.15, -0.1) is 5.10 Å². The lowest BCUT2D eigenvalue weighted by molar-refractivity contribution is 0.108. The Kier molecular flexibility index (Phi) is 5.92. The molecule has 4 rings (SSSR count). The van der Waals surface area contributed by atoms with Gasteiger partial charge in [0.25, 0.3) is 0 Å². The van der Waals surface area contributed by atoms with Crippen LogP contribution in [0.3, 0.4) is 0 Å². The normalized spacial score (nSPS) is 16.8. The van der Waals surface area contributed by atoms with Crippen molar-refractivity contribution in [3.05, 3.63) is 77.1 Å². The molecule has 1 aliphatic heterocycles. The summed E-state index contributed by atoms with van der Waals surface area (Å²) in [7, 11) is 0. The van der Waals surface area contributed by atoms with Crippen LogP contribution in [-0.4, -0.2) is 62.7 Å². The van der Waals surface area contributed by atoms with E-state index in [0.717, 1.165) is 43.9 Å². The van der Waals surface area contributed by atoms with Crippen molar-refractivity contribution in [2.75, 3.05) is 32.7 Å². The lowest BCUT2D eigenvalue weighted by Gasteiger charge is -2.38. The van der Waals surface area contributed by atoms with Gasteiger partial charge in [-0.25, -0.2) is 13.5 Å². The second-order valence-electron chi connectivity index (χ2n) is 7.25. The molecule has 29 heavy (non-hydrogen) atoms. The molecule has 0 spiro atoms. The van der Waals surface area contributed by atoms with Crippen LogP contribution in [0.15, 0.2) is 48.5 Å². The largest absolute Gasteiger partial charge is 0.301 e. The summed E-state index contributed by atoms with van der Waals surface area (Å²) >= 11 is 0. The molecule has 0 saturated carbocycles. The minimum absolute atomic E-state index is 0.176. The molecule has 2 heterocycles. The first-order chi connectivity index (χ1) is 14.1. The number of tetrazole rings is 1. The van der Waals surface area contributed by atoms with E-state index in [-0.39, 0.29) is 17.7 Å². The third kappa shape index (κ3) is 4.49. The van der Waals surface area contributed by atoms with Crippen LogP contribution in [0.1, 0.15) is 29.9 Å². The van der Waals surface area contributed by atoms with E-state index >= 15 is 0 Å². The maximum Gasteiger partial charge on any atom is 0.173 e. The molecule has 0 aliphatic carbocycles. The predicted molar refractivity (Wildman–Crippen MR) is 105 cm³/mol. The number of likely N-dealkylation sites (N-methyl/N-ethyl adjacent to an activating group) is 1. The Bertz CT molecular complexity index is 917. The van der Waals surface area contributed by atoms with Gasteiger partial charge in [0.2, 0.25) is 0 Å². The van der Waals surface area contributed by atoms with Gasteiger partial charge in [-0.1, -0.05) is 31.2 Å². The molecule has 0 radical (unpaired) electrons. The van der Waals surface area contributed by atoms with Crippen LogP contribution >= 0.6 is 0 Å². The van der Waals surface area contributed by atoms with Crippen molar-refractivity contribution >= 4 is 0 Å². The summed E-state index contributed by atoms with van der Waals surface area (Å²) in [4.78, 5) is 4.74. The molecule has 152 valence electrons. The van der Waals surface area contributed by atoms with E-state index in [0.29, 0.717) is 12.4 Å². The molecule has 1 aromatic heterocycles. The van der Waals surface area contributed by atoms with Crippen LogP contribution < -0.4 is 0 Å². The smallest absolute Gasteiger partial charge is 0.173 e. The van der Waals surface area contributed by atoms with Crippen LogP contribution in [-0.2, 0) is 6.54 Å². The second kappa shape index (κ2) is 8.75. The van der Waals surface area contributed by atoms with Gasteiger partial charge >= 0.3 is 0 Å². The number of halogens is 2. The fourth-order valence-electron chi connectivity index (χ4n) is 3.79. The van der Waals surface area contributed by atoms with Crippen molar-refractivity contribution in [2.24, 2.45) is 0 Å². The Hall–Kier alpha value is -2.71. The van der Waals surface area contributed by atoms with Gasteiger partial charge in [-0.3, -0.25) is 4.90 Å². The minimum atomic E-state index is -0.274. The van der Waals surface area contributed by atoms with Crippen LogP contribution in [0.4, 0.5) is 8.78 Å². The van der Waals surface area contributed by atoms with Gasteiger partial charge in [0.05, 0.1) is 12.6 Å². The monoisotopic (exact) mass is 398 g/mol. The molecule has 3 aromatic rings. The molecule has 2 aromatic carbocycles. The van der Waals surface area contributed by atoms with Crippen molar-refractivity contribution in [2.45, 2.75) is 19.5 Å². The molecular weight excluding hydrogens is 374 g/mol. The van der Waals surface area contributed by atoms with E-state index in [1.54, 1.807) is 28.9 Å². The standard InChI is InChI=1S/C21H24F2N6/c1-2-27-11-13-28(14-12-27)20(17-5-9-19(23)10-6-17)21-24-25-26-29(21)15-16-3-7-18(22)8-4-16/h3-10,20H,2,11-15H2,1H3/t20-/m1/s1. The van der Waals surface area contributed by atoms with Gasteiger partial charge in [0.15, 0.2) is 5.82 Å².